The highest BCUT2D eigenvalue weighted by Crippen LogP contribution is 2.69. The molecule has 0 nitrogen and oxygen atoms in total. The number of aryl methyl sites for hydroxylation is 2. The molecular formula is C24H25BP. The van der Waals surface area contributed by atoms with Gasteiger partial charge in [-0.15, -0.1) is 0 Å². The lowest BCUT2D eigenvalue weighted by molar-refractivity contribution is 0.765. The molecule has 26 heavy (non-hydrogen) atoms. The van der Waals surface area contributed by atoms with Gasteiger partial charge >= 0.3 is 0 Å². The molecule has 0 amide bonds. The quantitative estimate of drug-likeness (QED) is 0.382. The van der Waals surface area contributed by atoms with Crippen LogP contribution in [0, 0.1) is 13.8 Å². The second kappa shape index (κ2) is 8.23. The molecule has 1 saturated heterocycles. The predicted molar refractivity (Wildman–Crippen MR) is 116 cm³/mol. The van der Waals surface area contributed by atoms with Crippen molar-refractivity contribution in [3.8, 4) is 0 Å². The first-order valence-corrected chi connectivity index (χ1v) is 10.7. The molecule has 3 aromatic rings. The van der Waals surface area contributed by atoms with Crippen LogP contribution < -0.4 is 5.30 Å². The third-order valence-corrected chi connectivity index (χ3v) is 8.57. The van der Waals surface area contributed by atoms with Crippen molar-refractivity contribution in [2.75, 3.05) is 0 Å². The van der Waals surface area contributed by atoms with Gasteiger partial charge < -0.3 is 0 Å². The molecule has 0 unspecified atom stereocenters. The van der Waals surface area contributed by atoms with Crippen LogP contribution in [0.3, 0.4) is 0 Å². The fourth-order valence-corrected chi connectivity index (χ4v) is 7.98. The number of rotatable bonds is 3. The molecule has 0 aromatic heterocycles. The Bertz CT molecular complexity index is 777. The Hall–Kier alpha value is -1.85. The fourth-order valence-electron chi connectivity index (χ4n) is 4.28. The van der Waals surface area contributed by atoms with Crippen molar-refractivity contribution in [3.05, 3.63) is 101 Å². The summed E-state index contributed by atoms with van der Waals surface area (Å²) < 4.78 is 0. The number of hydrogen-bond acceptors (Lipinski definition) is 0. The van der Waals surface area contributed by atoms with Gasteiger partial charge in [0.1, 0.15) is 0 Å². The zero-order valence-electron chi connectivity index (χ0n) is 15.6. The van der Waals surface area contributed by atoms with E-state index in [0.29, 0.717) is 11.3 Å². The summed E-state index contributed by atoms with van der Waals surface area (Å²) in [4.78, 5) is 0. The van der Waals surface area contributed by atoms with Crippen LogP contribution in [0.1, 0.15) is 46.4 Å². The van der Waals surface area contributed by atoms with E-state index in [2.05, 4.69) is 92.7 Å². The lowest BCUT2D eigenvalue weighted by atomic mass is 10.0. The third kappa shape index (κ3) is 3.79. The molecule has 2 atom stereocenters. The molecule has 3 aromatic carbocycles. The molecule has 0 bridgehead atoms. The Kier molecular flexibility index (Phi) is 5.99. The molecule has 1 fully saturated rings. The van der Waals surface area contributed by atoms with E-state index in [1.807, 2.05) is 0 Å². The Morgan fingerprint density at radius 2 is 1.08 bits per heavy atom. The average Bonchev–Trinajstić information content (AvgIpc) is 3.07. The highest BCUT2D eigenvalue weighted by atomic mass is 31.1. The monoisotopic (exact) mass is 355 g/mol. The summed E-state index contributed by atoms with van der Waals surface area (Å²) in [6, 6.07) is 29.5. The van der Waals surface area contributed by atoms with Gasteiger partial charge in [-0.25, -0.2) is 0 Å². The molecule has 4 rings (SSSR count). The van der Waals surface area contributed by atoms with E-state index in [0.717, 1.165) is 0 Å². The van der Waals surface area contributed by atoms with Gasteiger partial charge in [-0.3, -0.25) is 0 Å². The van der Waals surface area contributed by atoms with E-state index in [1.165, 1.54) is 35.1 Å². The summed E-state index contributed by atoms with van der Waals surface area (Å²) in [6.45, 7) is 4.47. The number of hydrogen-bond donors (Lipinski definition) is 0. The minimum Gasteiger partial charge on any atom is -0.0622 e. The van der Waals surface area contributed by atoms with E-state index >= 15 is 0 Å². The van der Waals surface area contributed by atoms with Crippen molar-refractivity contribution in [1.82, 2.24) is 0 Å². The molecule has 2 heteroatoms. The highest BCUT2D eigenvalue weighted by molar-refractivity contribution is 7.66. The van der Waals surface area contributed by atoms with Crippen LogP contribution in [0.25, 0.3) is 0 Å². The van der Waals surface area contributed by atoms with Crippen molar-refractivity contribution in [2.45, 2.75) is 38.0 Å². The van der Waals surface area contributed by atoms with Crippen LogP contribution in [-0.4, -0.2) is 8.41 Å². The summed E-state index contributed by atoms with van der Waals surface area (Å²) in [5, 5.41) is 1.58. The number of benzene rings is 3. The Balaban J connectivity index is 0.00000196. The van der Waals surface area contributed by atoms with Gasteiger partial charge in [-0.05, 0) is 43.1 Å². The van der Waals surface area contributed by atoms with E-state index in [1.54, 1.807) is 5.30 Å². The van der Waals surface area contributed by atoms with E-state index in [9.17, 15) is 0 Å². The molecule has 129 valence electrons. The van der Waals surface area contributed by atoms with Crippen LogP contribution in [0.5, 0.6) is 0 Å². The minimum atomic E-state index is -0.252. The Morgan fingerprint density at radius 3 is 1.50 bits per heavy atom. The molecule has 1 heterocycles. The Labute approximate surface area is 161 Å². The van der Waals surface area contributed by atoms with Crippen molar-refractivity contribution < 1.29 is 0 Å². The van der Waals surface area contributed by atoms with Gasteiger partial charge in [0.25, 0.3) is 0 Å². The summed E-state index contributed by atoms with van der Waals surface area (Å²) in [6.07, 6.45) is 2.59. The second-order valence-electron chi connectivity index (χ2n) is 7.18. The maximum atomic E-state index is 2.44. The first-order chi connectivity index (χ1) is 12.2. The topological polar surface area (TPSA) is 0 Å². The van der Waals surface area contributed by atoms with Gasteiger partial charge in [0, 0.05) is 19.7 Å². The zero-order chi connectivity index (χ0) is 17.2. The highest BCUT2D eigenvalue weighted by Gasteiger charge is 2.38. The smallest absolute Gasteiger partial charge is 0.00877 e. The third-order valence-electron chi connectivity index (χ3n) is 5.26. The molecular weight excluding hydrogens is 330 g/mol. The molecule has 0 aliphatic carbocycles. The van der Waals surface area contributed by atoms with Crippen molar-refractivity contribution >= 4 is 21.6 Å². The average molecular weight is 355 g/mol. The minimum absolute atomic E-state index is 0. The van der Waals surface area contributed by atoms with Crippen molar-refractivity contribution in [3.63, 3.8) is 0 Å². The van der Waals surface area contributed by atoms with Crippen LogP contribution in [0.15, 0.2) is 78.9 Å². The van der Waals surface area contributed by atoms with Crippen molar-refractivity contribution in [2.24, 2.45) is 0 Å². The second-order valence-corrected chi connectivity index (χ2v) is 9.76. The molecule has 3 radical (unpaired) electrons. The summed E-state index contributed by atoms with van der Waals surface area (Å²) in [7, 11) is -0.252. The van der Waals surface area contributed by atoms with Gasteiger partial charge in [-0.2, -0.15) is 0 Å². The maximum Gasteiger partial charge on any atom is 0.00877 e. The molecule has 1 aliphatic rings. The predicted octanol–water partition coefficient (Wildman–Crippen LogP) is 6.31. The van der Waals surface area contributed by atoms with Crippen LogP contribution in [-0.2, 0) is 0 Å². The molecule has 1 aliphatic heterocycles. The summed E-state index contributed by atoms with van der Waals surface area (Å²) in [5.74, 6) is 0. The lowest BCUT2D eigenvalue weighted by Crippen LogP contribution is -2.09. The SMILES string of the molecule is Cc1cc(C)cc(P2[C@H](c3ccccc3)CC[C@H]2c2ccccc2)c1.[B]. The van der Waals surface area contributed by atoms with Gasteiger partial charge in [0.2, 0.25) is 0 Å². The summed E-state index contributed by atoms with van der Waals surface area (Å²) in [5.41, 5.74) is 7.16. The molecule has 0 spiro atoms. The molecule has 0 saturated carbocycles. The first kappa shape index (κ1) is 18.9. The maximum absolute atomic E-state index is 2.44. The summed E-state index contributed by atoms with van der Waals surface area (Å²) >= 11 is 0. The Morgan fingerprint density at radius 1 is 0.654 bits per heavy atom. The van der Waals surface area contributed by atoms with Crippen LogP contribution >= 0.6 is 7.92 Å². The molecule has 0 N–H and O–H groups in total. The normalized spacial score (nSPS) is 19.9. The largest absolute Gasteiger partial charge is 0.0622 e. The van der Waals surface area contributed by atoms with Crippen LogP contribution in [0.2, 0.25) is 0 Å². The van der Waals surface area contributed by atoms with Crippen molar-refractivity contribution in [1.29, 1.82) is 0 Å². The lowest BCUT2D eigenvalue weighted by Gasteiger charge is -2.28. The zero-order valence-corrected chi connectivity index (χ0v) is 16.5. The van der Waals surface area contributed by atoms with Gasteiger partial charge in [0.15, 0.2) is 0 Å². The van der Waals surface area contributed by atoms with E-state index in [4.69, 9.17) is 0 Å². The van der Waals surface area contributed by atoms with Crippen LogP contribution in [0.4, 0.5) is 0 Å². The van der Waals surface area contributed by atoms with E-state index in [-0.39, 0.29) is 16.3 Å². The standard InChI is InChI=1S/C24H25P.B/c1-18-15-19(2)17-22(16-18)25-23(20-9-5-3-6-10-20)13-14-24(25)21-11-7-4-8-12-21;/h3-12,15-17,23-24H,13-14H2,1-2H3;/t23-,24-;/m0./s1. The first-order valence-electron chi connectivity index (χ1n) is 9.19. The van der Waals surface area contributed by atoms with Gasteiger partial charge in [-0.1, -0.05) is 97.9 Å². The fraction of sp³-hybridized carbons (Fsp3) is 0.250. The van der Waals surface area contributed by atoms with E-state index < -0.39 is 0 Å². The van der Waals surface area contributed by atoms with Gasteiger partial charge in [0.05, 0.1) is 0 Å².